The summed E-state index contributed by atoms with van der Waals surface area (Å²) < 4.78 is 19.1. The Balaban J connectivity index is 2.41. The van der Waals surface area contributed by atoms with Gasteiger partial charge in [-0.3, -0.25) is 0 Å². The van der Waals surface area contributed by atoms with Gasteiger partial charge >= 0.3 is 6.09 Å². The molecule has 1 aliphatic rings. The van der Waals surface area contributed by atoms with Gasteiger partial charge in [0.2, 0.25) is 0 Å². The second-order valence-electron chi connectivity index (χ2n) is 5.86. The summed E-state index contributed by atoms with van der Waals surface area (Å²) >= 11 is 0. The zero-order chi connectivity index (χ0) is 13.8. The lowest BCUT2D eigenvalue weighted by molar-refractivity contribution is 0.0281. The van der Waals surface area contributed by atoms with Crippen molar-refractivity contribution >= 4 is 6.09 Å². The quantitative estimate of drug-likeness (QED) is 0.721. The molecule has 1 saturated heterocycles. The van der Waals surface area contributed by atoms with E-state index < -0.39 is 11.8 Å². The summed E-state index contributed by atoms with van der Waals surface area (Å²) in [6.45, 7) is 10.1. The van der Waals surface area contributed by atoms with Crippen molar-refractivity contribution in [3.05, 3.63) is 12.7 Å². The fraction of sp³-hybridized carbons (Fsp3) is 0.786. The van der Waals surface area contributed by atoms with E-state index in [1.54, 1.807) is 11.0 Å². The van der Waals surface area contributed by atoms with Crippen LogP contribution in [0.15, 0.2) is 12.7 Å². The highest BCUT2D eigenvalue weighted by Gasteiger charge is 2.33. The third-order valence-corrected chi connectivity index (χ3v) is 3.03. The van der Waals surface area contributed by atoms with Gasteiger partial charge in [0.1, 0.15) is 11.8 Å². The molecule has 0 aromatic heterocycles. The summed E-state index contributed by atoms with van der Waals surface area (Å²) in [5.74, 6) is -0.0579. The minimum atomic E-state index is -0.851. The third kappa shape index (κ3) is 4.67. The number of ether oxygens (including phenoxy) is 1. The minimum Gasteiger partial charge on any atom is -0.444 e. The molecule has 0 aromatic carbocycles. The average Bonchev–Trinajstić information content (AvgIpc) is 2.72. The molecule has 0 N–H and O–H groups in total. The number of amides is 1. The van der Waals surface area contributed by atoms with Crippen molar-refractivity contribution in [3.63, 3.8) is 0 Å². The summed E-state index contributed by atoms with van der Waals surface area (Å²) in [4.78, 5) is 13.4. The van der Waals surface area contributed by atoms with Gasteiger partial charge in [0.15, 0.2) is 0 Å². The first-order valence-electron chi connectivity index (χ1n) is 6.56. The SMILES string of the molecule is C=CCC[C@@H](F)[C@@H]1CCN(C(=O)OC(C)(C)C)C1. The number of carbonyl (C=O) groups is 1. The van der Waals surface area contributed by atoms with Gasteiger partial charge in [0.05, 0.1) is 0 Å². The maximum absolute atomic E-state index is 13.8. The Kier molecular flexibility index (Phi) is 5.17. The average molecular weight is 257 g/mol. The Morgan fingerprint density at radius 1 is 1.61 bits per heavy atom. The van der Waals surface area contributed by atoms with Crippen LogP contribution >= 0.6 is 0 Å². The Morgan fingerprint density at radius 3 is 2.83 bits per heavy atom. The van der Waals surface area contributed by atoms with Crippen molar-refractivity contribution in [1.29, 1.82) is 0 Å². The van der Waals surface area contributed by atoms with Gasteiger partial charge in [-0.15, -0.1) is 6.58 Å². The van der Waals surface area contributed by atoms with Gasteiger partial charge in [-0.25, -0.2) is 9.18 Å². The molecule has 1 amide bonds. The van der Waals surface area contributed by atoms with E-state index in [4.69, 9.17) is 4.74 Å². The van der Waals surface area contributed by atoms with Crippen molar-refractivity contribution < 1.29 is 13.9 Å². The van der Waals surface area contributed by atoms with E-state index in [1.165, 1.54) is 0 Å². The van der Waals surface area contributed by atoms with Gasteiger partial charge in [0, 0.05) is 19.0 Å². The zero-order valence-electron chi connectivity index (χ0n) is 11.6. The number of likely N-dealkylation sites (tertiary alicyclic amines) is 1. The van der Waals surface area contributed by atoms with Crippen LogP contribution in [0.5, 0.6) is 0 Å². The first kappa shape index (κ1) is 15.0. The molecule has 104 valence electrons. The van der Waals surface area contributed by atoms with Gasteiger partial charge in [-0.1, -0.05) is 6.08 Å². The molecule has 0 bridgehead atoms. The lowest BCUT2D eigenvalue weighted by Crippen LogP contribution is -2.36. The molecular formula is C14H24FNO2. The number of alkyl halides is 1. The molecule has 0 radical (unpaired) electrons. The fourth-order valence-corrected chi connectivity index (χ4v) is 2.09. The van der Waals surface area contributed by atoms with Crippen molar-refractivity contribution in [2.45, 2.75) is 51.8 Å². The van der Waals surface area contributed by atoms with E-state index in [-0.39, 0.29) is 12.0 Å². The molecule has 1 aliphatic heterocycles. The second kappa shape index (κ2) is 6.21. The van der Waals surface area contributed by atoms with Crippen LogP contribution in [-0.2, 0) is 4.74 Å². The van der Waals surface area contributed by atoms with Crippen molar-refractivity contribution in [2.75, 3.05) is 13.1 Å². The minimum absolute atomic E-state index is 0.0579. The second-order valence-corrected chi connectivity index (χ2v) is 5.86. The number of rotatable bonds is 4. The zero-order valence-corrected chi connectivity index (χ0v) is 11.6. The molecule has 0 saturated carbocycles. The van der Waals surface area contributed by atoms with Crippen LogP contribution in [0.3, 0.4) is 0 Å². The number of allylic oxidation sites excluding steroid dienone is 1. The normalized spacial score (nSPS) is 21.8. The summed E-state index contributed by atoms with van der Waals surface area (Å²) in [5.41, 5.74) is -0.493. The van der Waals surface area contributed by atoms with Crippen LogP contribution < -0.4 is 0 Å². The van der Waals surface area contributed by atoms with E-state index in [0.717, 1.165) is 6.42 Å². The third-order valence-electron chi connectivity index (χ3n) is 3.03. The highest BCUT2D eigenvalue weighted by molar-refractivity contribution is 5.68. The number of hydrogen-bond donors (Lipinski definition) is 0. The van der Waals surface area contributed by atoms with Gasteiger partial charge in [0.25, 0.3) is 0 Å². The lowest BCUT2D eigenvalue weighted by Gasteiger charge is -2.24. The highest BCUT2D eigenvalue weighted by atomic mass is 19.1. The van der Waals surface area contributed by atoms with Crippen molar-refractivity contribution in [1.82, 2.24) is 4.90 Å². The van der Waals surface area contributed by atoms with Crippen molar-refractivity contribution in [3.8, 4) is 0 Å². The molecule has 1 fully saturated rings. The number of halogens is 1. The Hall–Kier alpha value is -1.06. The number of carbonyl (C=O) groups excluding carboxylic acids is 1. The predicted molar refractivity (Wildman–Crippen MR) is 70.2 cm³/mol. The van der Waals surface area contributed by atoms with E-state index in [0.29, 0.717) is 25.9 Å². The molecule has 1 rings (SSSR count). The summed E-state index contributed by atoms with van der Waals surface area (Å²) in [5, 5.41) is 0. The molecule has 0 spiro atoms. The van der Waals surface area contributed by atoms with E-state index in [1.807, 2.05) is 20.8 Å². The number of hydrogen-bond acceptors (Lipinski definition) is 2. The first-order chi connectivity index (χ1) is 8.33. The van der Waals surface area contributed by atoms with Crippen LogP contribution in [0.2, 0.25) is 0 Å². The Morgan fingerprint density at radius 2 is 2.28 bits per heavy atom. The highest BCUT2D eigenvalue weighted by Crippen LogP contribution is 2.26. The first-order valence-corrected chi connectivity index (χ1v) is 6.56. The summed E-state index contributed by atoms with van der Waals surface area (Å²) in [7, 11) is 0. The number of nitrogens with zero attached hydrogens (tertiary/aromatic N) is 1. The molecule has 0 unspecified atom stereocenters. The van der Waals surface area contributed by atoms with Crippen LogP contribution in [0.1, 0.15) is 40.0 Å². The van der Waals surface area contributed by atoms with Gasteiger partial charge < -0.3 is 9.64 Å². The molecular weight excluding hydrogens is 233 g/mol. The summed E-state index contributed by atoms with van der Waals surface area (Å²) in [6.07, 6.45) is 2.45. The summed E-state index contributed by atoms with van der Waals surface area (Å²) in [6, 6.07) is 0. The Labute approximate surface area is 109 Å². The topological polar surface area (TPSA) is 29.5 Å². The molecule has 3 nitrogen and oxygen atoms in total. The molecule has 2 atom stereocenters. The molecule has 0 aliphatic carbocycles. The maximum atomic E-state index is 13.8. The molecule has 1 heterocycles. The van der Waals surface area contributed by atoms with Gasteiger partial charge in [-0.2, -0.15) is 0 Å². The molecule has 18 heavy (non-hydrogen) atoms. The van der Waals surface area contributed by atoms with Crippen LogP contribution in [-0.4, -0.2) is 35.9 Å². The monoisotopic (exact) mass is 257 g/mol. The lowest BCUT2D eigenvalue weighted by atomic mass is 9.99. The molecule has 0 aromatic rings. The maximum Gasteiger partial charge on any atom is 0.410 e. The van der Waals surface area contributed by atoms with Crippen LogP contribution in [0.25, 0.3) is 0 Å². The molecule has 4 heteroatoms. The Bertz CT molecular complexity index is 299. The largest absolute Gasteiger partial charge is 0.444 e. The fourth-order valence-electron chi connectivity index (χ4n) is 2.09. The smallest absolute Gasteiger partial charge is 0.410 e. The van der Waals surface area contributed by atoms with E-state index in [2.05, 4.69) is 6.58 Å². The predicted octanol–water partition coefficient (Wildman–Crippen LogP) is 3.55. The van der Waals surface area contributed by atoms with Crippen LogP contribution in [0, 0.1) is 5.92 Å². The van der Waals surface area contributed by atoms with E-state index >= 15 is 0 Å². The van der Waals surface area contributed by atoms with Crippen LogP contribution in [0.4, 0.5) is 9.18 Å². The van der Waals surface area contributed by atoms with E-state index in [9.17, 15) is 9.18 Å². The standard InChI is InChI=1S/C14H24FNO2/c1-5-6-7-12(15)11-8-9-16(10-11)13(17)18-14(2,3)4/h5,11-12H,1,6-10H2,2-4H3/t11-,12-/m1/s1. The van der Waals surface area contributed by atoms with Crippen molar-refractivity contribution in [2.24, 2.45) is 5.92 Å². The van der Waals surface area contributed by atoms with Gasteiger partial charge in [-0.05, 0) is 40.0 Å².